The maximum atomic E-state index is 12.8. The Kier molecular flexibility index (Phi) is 4.44. The lowest BCUT2D eigenvalue weighted by atomic mass is 10.0. The molecule has 2 aromatic rings. The average Bonchev–Trinajstić information content (AvgIpc) is 2.72. The zero-order valence-electron chi connectivity index (χ0n) is 11.2. The summed E-state index contributed by atoms with van der Waals surface area (Å²) in [5.74, 6) is -0.229. The van der Waals surface area contributed by atoms with E-state index >= 15 is 0 Å². The van der Waals surface area contributed by atoms with Crippen LogP contribution in [0, 0.1) is 0 Å². The van der Waals surface area contributed by atoms with Crippen molar-refractivity contribution in [2.24, 2.45) is 4.99 Å². The van der Waals surface area contributed by atoms with Crippen LogP contribution in [0.25, 0.3) is 0 Å². The van der Waals surface area contributed by atoms with Gasteiger partial charge in [0.1, 0.15) is 6.54 Å². The lowest BCUT2D eigenvalue weighted by Crippen LogP contribution is -2.13. The lowest BCUT2D eigenvalue weighted by Gasteiger charge is -2.11. The molecular formula is C15H10F2N2OS2. The Morgan fingerprint density at radius 2 is 1.68 bits per heavy atom. The minimum Gasteiger partial charge on any atom is -0.324 e. The SMILES string of the molecule is O=C1CN=C(c2ccc(SF)cc2)c2cc(SF)ccc2N1. The predicted octanol–water partition coefficient (Wildman–Crippen LogP) is 4.43. The highest BCUT2D eigenvalue weighted by atomic mass is 32.2. The van der Waals surface area contributed by atoms with Gasteiger partial charge in [-0.3, -0.25) is 9.79 Å². The van der Waals surface area contributed by atoms with E-state index in [2.05, 4.69) is 10.3 Å². The second kappa shape index (κ2) is 6.50. The molecule has 0 atom stereocenters. The molecule has 0 bridgehead atoms. The molecule has 0 saturated carbocycles. The van der Waals surface area contributed by atoms with E-state index in [0.29, 0.717) is 26.8 Å². The molecule has 0 unspecified atom stereocenters. The van der Waals surface area contributed by atoms with Crippen LogP contribution in [0.2, 0.25) is 0 Å². The van der Waals surface area contributed by atoms with Crippen molar-refractivity contribution in [3.05, 3.63) is 53.6 Å². The van der Waals surface area contributed by atoms with Gasteiger partial charge >= 0.3 is 0 Å². The molecule has 7 heteroatoms. The molecule has 2 aromatic carbocycles. The molecule has 3 nitrogen and oxygen atoms in total. The van der Waals surface area contributed by atoms with E-state index in [0.717, 1.165) is 5.56 Å². The van der Waals surface area contributed by atoms with Gasteiger partial charge in [0.05, 0.1) is 35.7 Å². The van der Waals surface area contributed by atoms with Crippen LogP contribution < -0.4 is 5.32 Å². The number of carbonyl (C=O) groups excluding carboxylic acids is 1. The second-order valence-corrected chi connectivity index (χ2v) is 5.85. The van der Waals surface area contributed by atoms with Crippen molar-refractivity contribution >= 4 is 41.6 Å². The highest BCUT2D eigenvalue weighted by Crippen LogP contribution is 2.29. The Morgan fingerprint density at radius 1 is 1.00 bits per heavy atom. The van der Waals surface area contributed by atoms with Gasteiger partial charge in [0, 0.05) is 20.9 Å². The summed E-state index contributed by atoms with van der Waals surface area (Å²) in [6.07, 6.45) is 0. The number of nitrogens with one attached hydrogen (secondary N) is 1. The smallest absolute Gasteiger partial charge is 0.246 e. The number of fused-ring (bicyclic) bond motifs is 1. The fourth-order valence-corrected chi connectivity index (χ4v) is 2.73. The maximum Gasteiger partial charge on any atom is 0.246 e. The monoisotopic (exact) mass is 336 g/mol. The Morgan fingerprint density at radius 3 is 2.36 bits per heavy atom. The molecule has 0 saturated heterocycles. The first-order valence-corrected chi connectivity index (χ1v) is 7.81. The number of nitrogens with zero attached hydrogens (tertiary/aromatic N) is 1. The van der Waals surface area contributed by atoms with Gasteiger partial charge in [0.25, 0.3) is 0 Å². The third kappa shape index (κ3) is 3.00. The highest BCUT2D eigenvalue weighted by molar-refractivity contribution is 7.94. The number of carbonyl (C=O) groups is 1. The van der Waals surface area contributed by atoms with Crippen LogP contribution in [0.4, 0.5) is 13.5 Å². The molecular weight excluding hydrogens is 326 g/mol. The number of anilines is 1. The molecule has 1 aliphatic heterocycles. The highest BCUT2D eigenvalue weighted by Gasteiger charge is 2.18. The van der Waals surface area contributed by atoms with E-state index < -0.39 is 0 Å². The minimum atomic E-state index is -0.229. The Bertz CT molecular complexity index is 748. The maximum absolute atomic E-state index is 12.8. The molecule has 0 aromatic heterocycles. The van der Waals surface area contributed by atoms with Gasteiger partial charge in [-0.2, -0.15) is 7.77 Å². The summed E-state index contributed by atoms with van der Waals surface area (Å²) in [7, 11) is 0. The van der Waals surface area contributed by atoms with Gasteiger partial charge in [0.2, 0.25) is 5.91 Å². The molecule has 1 N–H and O–H groups in total. The molecule has 3 rings (SSSR count). The third-order valence-electron chi connectivity index (χ3n) is 3.21. The number of benzene rings is 2. The number of hydrogen-bond donors (Lipinski definition) is 1. The molecule has 1 aliphatic rings. The number of benzodiazepines with no additional fused rings is 1. The minimum absolute atomic E-state index is 0.0122. The van der Waals surface area contributed by atoms with Crippen LogP contribution in [0.5, 0.6) is 0 Å². The van der Waals surface area contributed by atoms with Crippen molar-refractivity contribution in [3.63, 3.8) is 0 Å². The van der Waals surface area contributed by atoms with Crippen molar-refractivity contribution in [2.75, 3.05) is 11.9 Å². The van der Waals surface area contributed by atoms with Gasteiger partial charge in [-0.1, -0.05) is 12.1 Å². The van der Waals surface area contributed by atoms with Gasteiger partial charge in [0.15, 0.2) is 0 Å². The first kappa shape index (κ1) is 15.1. The van der Waals surface area contributed by atoms with E-state index in [9.17, 15) is 12.6 Å². The molecule has 112 valence electrons. The Balaban J connectivity index is 2.11. The number of aliphatic imine (C=N–C) groups is 1. The van der Waals surface area contributed by atoms with Gasteiger partial charge in [-0.05, 0) is 30.3 Å². The van der Waals surface area contributed by atoms with Gasteiger partial charge in [-0.25, -0.2) is 0 Å². The van der Waals surface area contributed by atoms with E-state index in [-0.39, 0.29) is 36.7 Å². The lowest BCUT2D eigenvalue weighted by molar-refractivity contribution is -0.114. The molecule has 22 heavy (non-hydrogen) atoms. The summed E-state index contributed by atoms with van der Waals surface area (Å²) in [4.78, 5) is 17.0. The van der Waals surface area contributed by atoms with Crippen LogP contribution in [0.1, 0.15) is 11.1 Å². The summed E-state index contributed by atoms with van der Waals surface area (Å²) in [5.41, 5.74) is 2.56. The number of rotatable bonds is 3. The standard InChI is InChI=1S/C15H10F2N2OS2/c16-21-10-3-1-9(2-4-10)15-12-7-11(22-17)5-6-13(12)19-14(20)8-18-15/h1-7H,8H2,(H,19,20). The van der Waals surface area contributed by atoms with Crippen LogP contribution in [0.3, 0.4) is 0 Å². The average molecular weight is 336 g/mol. The third-order valence-corrected chi connectivity index (χ3v) is 4.09. The number of amides is 1. The summed E-state index contributed by atoms with van der Waals surface area (Å²) < 4.78 is 25.4. The van der Waals surface area contributed by atoms with Crippen molar-refractivity contribution < 1.29 is 12.6 Å². The predicted molar refractivity (Wildman–Crippen MR) is 85.9 cm³/mol. The second-order valence-electron chi connectivity index (χ2n) is 4.60. The molecule has 0 aliphatic carbocycles. The van der Waals surface area contributed by atoms with Crippen molar-refractivity contribution in [2.45, 2.75) is 9.79 Å². The molecule has 1 amide bonds. The zero-order valence-corrected chi connectivity index (χ0v) is 12.8. The van der Waals surface area contributed by atoms with Crippen LogP contribution in [-0.2, 0) is 4.79 Å². The van der Waals surface area contributed by atoms with Crippen molar-refractivity contribution in [3.8, 4) is 0 Å². The summed E-state index contributed by atoms with van der Waals surface area (Å²) in [6.45, 7) is -0.0122. The number of hydrogen-bond acceptors (Lipinski definition) is 4. The Hall–Kier alpha value is -1.86. The normalized spacial score (nSPS) is 13.9. The number of halogens is 2. The summed E-state index contributed by atoms with van der Waals surface area (Å²) >= 11 is 0.293. The first-order chi connectivity index (χ1) is 10.7. The molecule has 0 radical (unpaired) electrons. The van der Waals surface area contributed by atoms with Crippen LogP contribution in [0.15, 0.2) is 57.2 Å². The quantitative estimate of drug-likeness (QED) is 0.901. The Labute approximate surface area is 134 Å². The largest absolute Gasteiger partial charge is 0.324 e. The van der Waals surface area contributed by atoms with E-state index in [1.165, 1.54) is 0 Å². The topological polar surface area (TPSA) is 41.5 Å². The van der Waals surface area contributed by atoms with E-state index in [1.807, 2.05) is 0 Å². The van der Waals surface area contributed by atoms with Crippen molar-refractivity contribution in [1.82, 2.24) is 0 Å². The van der Waals surface area contributed by atoms with E-state index in [4.69, 9.17) is 0 Å². The van der Waals surface area contributed by atoms with Crippen LogP contribution in [-0.4, -0.2) is 18.2 Å². The zero-order chi connectivity index (χ0) is 15.5. The summed E-state index contributed by atoms with van der Waals surface area (Å²) in [6, 6.07) is 11.6. The molecule has 0 fully saturated rings. The van der Waals surface area contributed by atoms with Crippen LogP contribution >= 0.6 is 24.3 Å². The molecule has 0 spiro atoms. The van der Waals surface area contributed by atoms with E-state index in [1.54, 1.807) is 42.5 Å². The van der Waals surface area contributed by atoms with Crippen molar-refractivity contribution in [1.29, 1.82) is 0 Å². The van der Waals surface area contributed by atoms with Gasteiger partial charge in [-0.15, -0.1) is 0 Å². The summed E-state index contributed by atoms with van der Waals surface area (Å²) in [5, 5.41) is 2.75. The molecule has 1 heterocycles. The fourth-order valence-electron chi connectivity index (χ4n) is 2.21. The fraction of sp³-hybridized carbons (Fsp3) is 0.0667. The first-order valence-electron chi connectivity index (χ1n) is 6.37. The van der Waals surface area contributed by atoms with Gasteiger partial charge < -0.3 is 5.32 Å².